The van der Waals surface area contributed by atoms with Gasteiger partial charge in [-0.2, -0.15) is 0 Å². The predicted molar refractivity (Wildman–Crippen MR) is 88.5 cm³/mol. The minimum Gasteiger partial charge on any atom is -0.489 e. The summed E-state index contributed by atoms with van der Waals surface area (Å²) in [5.74, 6) is -0.889. The minimum atomic E-state index is -0.709. The molecule has 2 nitrogen and oxygen atoms in total. The quantitative estimate of drug-likeness (QED) is 0.736. The molecule has 122 valence electrons. The maximum absolute atomic E-state index is 14.2. The number of rotatable bonds is 5. The Labute approximate surface area is 139 Å². The van der Waals surface area contributed by atoms with Gasteiger partial charge in [0.2, 0.25) is 0 Å². The van der Waals surface area contributed by atoms with Gasteiger partial charge in [-0.05, 0) is 41.0 Å². The first-order valence-corrected chi connectivity index (χ1v) is 7.53. The molecule has 0 saturated carbocycles. The molecular formula is C20H16F2O2. The van der Waals surface area contributed by atoms with Crippen LogP contribution in [0.25, 0.3) is 11.1 Å². The summed E-state index contributed by atoms with van der Waals surface area (Å²) in [7, 11) is 0. The fraction of sp³-hybridized carbons (Fsp3) is 0.100. The van der Waals surface area contributed by atoms with E-state index in [0.717, 1.165) is 17.7 Å². The van der Waals surface area contributed by atoms with E-state index in [4.69, 9.17) is 9.84 Å². The number of hydrogen-bond donors (Lipinski definition) is 1. The topological polar surface area (TPSA) is 29.5 Å². The largest absolute Gasteiger partial charge is 0.489 e. The number of benzene rings is 3. The monoisotopic (exact) mass is 326 g/mol. The molecule has 0 saturated heterocycles. The van der Waals surface area contributed by atoms with E-state index in [1.807, 2.05) is 30.3 Å². The van der Waals surface area contributed by atoms with E-state index in [-0.39, 0.29) is 11.1 Å². The highest BCUT2D eigenvalue weighted by Crippen LogP contribution is 2.30. The Morgan fingerprint density at radius 1 is 0.792 bits per heavy atom. The van der Waals surface area contributed by atoms with Crippen LogP contribution < -0.4 is 4.74 Å². The summed E-state index contributed by atoms with van der Waals surface area (Å²) >= 11 is 0. The fourth-order valence-corrected chi connectivity index (χ4v) is 2.47. The summed E-state index contributed by atoms with van der Waals surface area (Å²) in [5, 5.41) is 9.02. The molecule has 0 aromatic heterocycles. The number of aliphatic hydroxyl groups is 1. The molecule has 4 heteroatoms. The van der Waals surface area contributed by atoms with Gasteiger partial charge >= 0.3 is 0 Å². The molecule has 24 heavy (non-hydrogen) atoms. The van der Waals surface area contributed by atoms with Gasteiger partial charge in [-0.15, -0.1) is 0 Å². The average Bonchev–Trinajstić information content (AvgIpc) is 2.60. The first-order valence-electron chi connectivity index (χ1n) is 7.53. The molecule has 3 aromatic carbocycles. The second kappa shape index (κ2) is 7.23. The molecule has 0 fully saturated rings. The molecule has 3 aromatic rings. The summed E-state index contributed by atoms with van der Waals surface area (Å²) in [4.78, 5) is 0. The lowest BCUT2D eigenvalue weighted by atomic mass is 10.0. The Kier molecular flexibility index (Phi) is 4.87. The fourth-order valence-electron chi connectivity index (χ4n) is 2.47. The summed E-state index contributed by atoms with van der Waals surface area (Å²) < 4.78 is 34.0. The van der Waals surface area contributed by atoms with Crippen molar-refractivity contribution in [1.82, 2.24) is 0 Å². The van der Waals surface area contributed by atoms with Gasteiger partial charge in [0.25, 0.3) is 0 Å². The Hall–Kier alpha value is -2.72. The lowest BCUT2D eigenvalue weighted by molar-refractivity contribution is 0.280. The zero-order valence-electron chi connectivity index (χ0n) is 12.9. The van der Waals surface area contributed by atoms with E-state index in [2.05, 4.69) is 0 Å². The maximum Gasteiger partial charge on any atom is 0.134 e. The van der Waals surface area contributed by atoms with Crippen molar-refractivity contribution in [2.24, 2.45) is 0 Å². The normalized spacial score (nSPS) is 10.6. The van der Waals surface area contributed by atoms with Gasteiger partial charge in [-0.1, -0.05) is 42.5 Å². The Balaban J connectivity index is 1.86. The van der Waals surface area contributed by atoms with Crippen LogP contribution >= 0.6 is 0 Å². The highest BCUT2D eigenvalue weighted by molar-refractivity contribution is 5.66. The van der Waals surface area contributed by atoms with E-state index in [9.17, 15) is 8.78 Å². The smallest absolute Gasteiger partial charge is 0.134 e. The SMILES string of the molecule is OCc1cc(F)c(-c2cccc(OCc3ccccc3)c2)c(F)c1. The lowest BCUT2D eigenvalue weighted by Crippen LogP contribution is -1.97. The van der Waals surface area contributed by atoms with Crippen LogP contribution in [-0.2, 0) is 13.2 Å². The zero-order valence-corrected chi connectivity index (χ0v) is 12.9. The molecule has 0 radical (unpaired) electrons. The van der Waals surface area contributed by atoms with Crippen LogP contribution in [-0.4, -0.2) is 5.11 Å². The first kappa shape index (κ1) is 16.1. The van der Waals surface area contributed by atoms with E-state index >= 15 is 0 Å². The molecule has 0 atom stereocenters. The number of ether oxygens (including phenoxy) is 1. The second-order valence-electron chi connectivity index (χ2n) is 5.39. The van der Waals surface area contributed by atoms with Crippen molar-refractivity contribution in [3.05, 3.63) is 89.5 Å². The minimum absolute atomic E-state index is 0.127. The third-order valence-electron chi connectivity index (χ3n) is 3.66. The van der Waals surface area contributed by atoms with Crippen molar-refractivity contribution in [3.8, 4) is 16.9 Å². The maximum atomic E-state index is 14.2. The van der Waals surface area contributed by atoms with E-state index in [1.165, 1.54) is 0 Å². The van der Waals surface area contributed by atoms with E-state index < -0.39 is 18.2 Å². The number of hydrogen-bond acceptors (Lipinski definition) is 2. The third kappa shape index (κ3) is 3.60. The number of aliphatic hydroxyl groups excluding tert-OH is 1. The molecule has 0 aliphatic heterocycles. The molecule has 1 N–H and O–H groups in total. The zero-order chi connectivity index (χ0) is 16.9. The molecule has 0 spiro atoms. The first-order chi connectivity index (χ1) is 11.7. The molecule has 0 amide bonds. The van der Waals surface area contributed by atoms with E-state index in [1.54, 1.807) is 24.3 Å². The highest BCUT2D eigenvalue weighted by Gasteiger charge is 2.14. The van der Waals surface area contributed by atoms with Gasteiger partial charge in [0.15, 0.2) is 0 Å². The molecular weight excluding hydrogens is 310 g/mol. The van der Waals surface area contributed by atoms with Crippen LogP contribution in [0.15, 0.2) is 66.7 Å². The van der Waals surface area contributed by atoms with Crippen molar-refractivity contribution in [3.63, 3.8) is 0 Å². The van der Waals surface area contributed by atoms with Crippen molar-refractivity contribution in [2.45, 2.75) is 13.2 Å². The summed E-state index contributed by atoms with van der Waals surface area (Å²) in [6.45, 7) is -0.0347. The van der Waals surface area contributed by atoms with Gasteiger partial charge < -0.3 is 9.84 Å². The van der Waals surface area contributed by atoms with Crippen LogP contribution in [0.2, 0.25) is 0 Å². The van der Waals surface area contributed by atoms with Crippen molar-refractivity contribution in [2.75, 3.05) is 0 Å². The summed E-state index contributed by atoms with van der Waals surface area (Å²) in [6.07, 6.45) is 0. The predicted octanol–water partition coefficient (Wildman–Crippen LogP) is 4.70. The Morgan fingerprint density at radius 2 is 1.50 bits per heavy atom. The van der Waals surface area contributed by atoms with Crippen molar-refractivity contribution in [1.29, 1.82) is 0 Å². The standard InChI is InChI=1S/C20H16F2O2/c21-18-9-15(12-23)10-19(22)20(18)16-7-4-8-17(11-16)24-13-14-5-2-1-3-6-14/h1-11,23H,12-13H2. The van der Waals surface area contributed by atoms with Crippen LogP contribution in [0.5, 0.6) is 5.75 Å². The lowest BCUT2D eigenvalue weighted by Gasteiger charge is -2.10. The number of halogens is 2. The molecule has 3 rings (SSSR count). The van der Waals surface area contributed by atoms with Crippen molar-refractivity contribution >= 4 is 0 Å². The van der Waals surface area contributed by atoms with Gasteiger partial charge in [0, 0.05) is 0 Å². The summed E-state index contributed by atoms with van der Waals surface area (Å²) in [6, 6.07) is 18.6. The third-order valence-corrected chi connectivity index (χ3v) is 3.66. The molecule has 0 aliphatic carbocycles. The molecule has 0 heterocycles. The van der Waals surface area contributed by atoms with Crippen LogP contribution in [0.1, 0.15) is 11.1 Å². The molecule has 0 aliphatic rings. The Morgan fingerprint density at radius 3 is 2.17 bits per heavy atom. The van der Waals surface area contributed by atoms with Crippen LogP contribution in [0, 0.1) is 11.6 Å². The second-order valence-corrected chi connectivity index (χ2v) is 5.39. The molecule has 0 unspecified atom stereocenters. The van der Waals surface area contributed by atoms with Crippen molar-refractivity contribution < 1.29 is 18.6 Å². The van der Waals surface area contributed by atoms with E-state index in [0.29, 0.717) is 17.9 Å². The average molecular weight is 326 g/mol. The molecule has 0 bridgehead atoms. The van der Waals surface area contributed by atoms with Gasteiger partial charge in [-0.3, -0.25) is 0 Å². The van der Waals surface area contributed by atoms with Gasteiger partial charge in [0.05, 0.1) is 12.2 Å². The highest BCUT2D eigenvalue weighted by atomic mass is 19.1. The van der Waals surface area contributed by atoms with Gasteiger partial charge in [0.1, 0.15) is 24.0 Å². The van der Waals surface area contributed by atoms with Crippen LogP contribution in [0.4, 0.5) is 8.78 Å². The van der Waals surface area contributed by atoms with Gasteiger partial charge in [-0.25, -0.2) is 8.78 Å². The Bertz CT molecular complexity index is 809. The summed E-state index contributed by atoms with van der Waals surface area (Å²) in [5.41, 5.74) is 1.47. The van der Waals surface area contributed by atoms with Crippen LogP contribution in [0.3, 0.4) is 0 Å².